The highest BCUT2D eigenvalue weighted by atomic mass is 16.6. The molecule has 0 spiro atoms. The Morgan fingerprint density at radius 2 is 2.29 bits per heavy atom. The lowest BCUT2D eigenvalue weighted by Crippen LogP contribution is -2.36. The number of aromatic amines is 1. The Morgan fingerprint density at radius 3 is 2.97 bits per heavy atom. The lowest BCUT2D eigenvalue weighted by molar-refractivity contribution is -0.118. The van der Waals surface area contributed by atoms with Gasteiger partial charge in [0.1, 0.15) is 12.2 Å². The summed E-state index contributed by atoms with van der Waals surface area (Å²) in [4.78, 5) is 38.0. The van der Waals surface area contributed by atoms with Crippen LogP contribution >= 0.6 is 0 Å². The van der Waals surface area contributed by atoms with Crippen LogP contribution in [0.5, 0.6) is 0 Å². The Labute approximate surface area is 176 Å². The maximum Gasteiger partial charge on any atom is 0.280 e. The first kappa shape index (κ1) is 22.7. The third-order valence-corrected chi connectivity index (χ3v) is 4.71. The summed E-state index contributed by atoms with van der Waals surface area (Å²) in [5.41, 5.74) is 8.19. The first-order valence-electron chi connectivity index (χ1n) is 9.60. The number of azide groups is 1. The van der Waals surface area contributed by atoms with Gasteiger partial charge in [0.05, 0.1) is 32.2 Å². The molecule has 3 rings (SSSR count). The van der Waals surface area contributed by atoms with Crippen molar-refractivity contribution < 1.29 is 24.1 Å². The number of hydrogen-bond acceptors (Lipinski definition) is 9. The Morgan fingerprint density at radius 1 is 1.52 bits per heavy atom. The summed E-state index contributed by atoms with van der Waals surface area (Å²) < 4.78 is 18.0. The second kappa shape index (κ2) is 9.85. The van der Waals surface area contributed by atoms with Gasteiger partial charge in [-0.3, -0.25) is 24.5 Å². The number of fused-ring (bicyclic) bond motifs is 1. The van der Waals surface area contributed by atoms with E-state index in [4.69, 9.17) is 19.7 Å². The van der Waals surface area contributed by atoms with Crippen LogP contribution in [0.25, 0.3) is 21.6 Å². The fraction of sp³-hybridized carbons (Fsp3) is 0.647. The van der Waals surface area contributed by atoms with Gasteiger partial charge in [-0.05, 0) is 5.53 Å². The minimum Gasteiger partial charge on any atom is -0.388 e. The van der Waals surface area contributed by atoms with Gasteiger partial charge in [-0.15, -0.1) is 0 Å². The summed E-state index contributed by atoms with van der Waals surface area (Å²) in [6.07, 6.45) is -2.42. The van der Waals surface area contributed by atoms with Crippen molar-refractivity contribution in [2.24, 2.45) is 11.0 Å². The molecule has 14 heteroatoms. The number of rotatable bonds is 9. The normalized spacial score (nSPS) is 23.3. The molecule has 2 aromatic heterocycles. The van der Waals surface area contributed by atoms with Crippen molar-refractivity contribution in [1.29, 1.82) is 0 Å². The third-order valence-electron chi connectivity index (χ3n) is 4.71. The van der Waals surface area contributed by atoms with Crippen molar-refractivity contribution >= 4 is 23.0 Å². The number of methoxy groups -OCH3 is 1. The van der Waals surface area contributed by atoms with E-state index in [0.29, 0.717) is 0 Å². The van der Waals surface area contributed by atoms with Crippen LogP contribution in [-0.4, -0.2) is 75.7 Å². The molecule has 4 atom stereocenters. The van der Waals surface area contributed by atoms with E-state index in [1.807, 2.05) is 0 Å². The van der Waals surface area contributed by atoms with E-state index >= 15 is 0 Å². The molecule has 1 amide bonds. The fourth-order valence-electron chi connectivity index (χ4n) is 3.09. The summed E-state index contributed by atoms with van der Waals surface area (Å²) in [5.74, 6) is -0.686. The van der Waals surface area contributed by atoms with Crippen LogP contribution in [0.15, 0.2) is 16.2 Å². The number of H-pyrrole nitrogens is 1. The van der Waals surface area contributed by atoms with E-state index in [2.05, 4.69) is 30.3 Å². The fourth-order valence-corrected chi connectivity index (χ4v) is 3.09. The van der Waals surface area contributed by atoms with Gasteiger partial charge in [0.15, 0.2) is 17.4 Å². The first-order chi connectivity index (χ1) is 14.9. The number of ether oxygens (including phenoxy) is 3. The summed E-state index contributed by atoms with van der Waals surface area (Å²) in [7, 11) is 1.51. The molecular formula is C17H24N8O6. The zero-order chi connectivity index (χ0) is 22.5. The lowest BCUT2D eigenvalue weighted by atomic mass is 10.1. The Hall–Kier alpha value is -3.03. The molecule has 168 valence electrons. The van der Waals surface area contributed by atoms with Gasteiger partial charge in [0, 0.05) is 17.9 Å². The molecule has 1 saturated heterocycles. The zero-order valence-corrected chi connectivity index (χ0v) is 17.3. The average molecular weight is 436 g/mol. The Balaban J connectivity index is 1.98. The van der Waals surface area contributed by atoms with Crippen molar-refractivity contribution in [3.63, 3.8) is 0 Å². The molecule has 0 aliphatic carbocycles. The minimum absolute atomic E-state index is 0.0229. The van der Waals surface area contributed by atoms with Gasteiger partial charge in [0.2, 0.25) is 11.9 Å². The number of imidazole rings is 1. The summed E-state index contributed by atoms with van der Waals surface area (Å²) >= 11 is 0. The van der Waals surface area contributed by atoms with Gasteiger partial charge in [-0.2, -0.15) is 4.98 Å². The van der Waals surface area contributed by atoms with Crippen LogP contribution in [-0.2, 0) is 19.0 Å². The molecule has 1 unspecified atom stereocenters. The van der Waals surface area contributed by atoms with E-state index in [9.17, 15) is 14.7 Å². The van der Waals surface area contributed by atoms with E-state index < -0.39 is 30.1 Å². The highest BCUT2D eigenvalue weighted by Gasteiger charge is 2.45. The highest BCUT2D eigenvalue weighted by Crippen LogP contribution is 2.33. The maximum absolute atomic E-state index is 12.4. The number of nitrogens with zero attached hydrogens (tertiary/aromatic N) is 6. The molecule has 1 aliphatic rings. The average Bonchev–Trinajstić information content (AvgIpc) is 3.28. The molecule has 0 radical (unpaired) electrons. The molecule has 14 nitrogen and oxygen atoms in total. The summed E-state index contributed by atoms with van der Waals surface area (Å²) in [5, 5.41) is 16.7. The topological polar surface area (TPSA) is 189 Å². The van der Waals surface area contributed by atoms with E-state index in [1.54, 1.807) is 13.8 Å². The molecule has 0 bridgehead atoms. The van der Waals surface area contributed by atoms with Gasteiger partial charge >= 0.3 is 0 Å². The highest BCUT2D eigenvalue weighted by molar-refractivity contribution is 5.91. The quantitative estimate of drug-likeness (QED) is 0.216. The van der Waals surface area contributed by atoms with Gasteiger partial charge < -0.3 is 19.3 Å². The number of carbonyl (C=O) groups is 1. The molecule has 2 aromatic rings. The maximum atomic E-state index is 12.4. The Kier molecular flexibility index (Phi) is 7.20. The first-order valence-corrected chi connectivity index (χ1v) is 9.60. The molecule has 1 fully saturated rings. The van der Waals surface area contributed by atoms with Gasteiger partial charge in [-0.25, -0.2) is 4.98 Å². The van der Waals surface area contributed by atoms with Gasteiger partial charge in [-0.1, -0.05) is 19.0 Å². The number of carbonyl (C=O) groups excluding carboxylic acids is 1. The molecule has 0 aromatic carbocycles. The van der Waals surface area contributed by atoms with Crippen molar-refractivity contribution in [2.75, 3.05) is 32.2 Å². The van der Waals surface area contributed by atoms with Crippen LogP contribution in [0.1, 0.15) is 20.1 Å². The number of nitrogens with one attached hydrogen (secondary N) is 2. The monoisotopic (exact) mass is 436 g/mol. The minimum atomic E-state index is -1.12. The number of hydrogen-bond donors (Lipinski definition) is 3. The van der Waals surface area contributed by atoms with Gasteiger partial charge in [0.25, 0.3) is 5.56 Å². The third kappa shape index (κ3) is 4.84. The zero-order valence-electron chi connectivity index (χ0n) is 17.3. The summed E-state index contributed by atoms with van der Waals surface area (Å²) in [6.45, 7) is 3.74. The molecular weight excluding hydrogens is 412 g/mol. The van der Waals surface area contributed by atoms with Crippen LogP contribution in [0.2, 0.25) is 0 Å². The smallest absolute Gasteiger partial charge is 0.280 e. The van der Waals surface area contributed by atoms with Crippen molar-refractivity contribution in [2.45, 2.75) is 38.4 Å². The van der Waals surface area contributed by atoms with E-state index in [-0.39, 0.29) is 48.7 Å². The second-order valence-corrected chi connectivity index (χ2v) is 7.18. The van der Waals surface area contributed by atoms with Crippen molar-refractivity contribution in [1.82, 2.24) is 19.5 Å². The Bertz CT molecular complexity index is 1030. The van der Waals surface area contributed by atoms with Crippen LogP contribution in [0.3, 0.4) is 0 Å². The SMILES string of the molecule is COCCO[C@H]1C(O)[C@@H](CN=[N+]=[N-])O[C@H]1n1cnc2c(=O)[nH]c(NC(=O)C(C)C)nc21. The number of amides is 1. The predicted octanol–water partition coefficient (Wildman–Crippen LogP) is 0.314. The van der Waals surface area contributed by atoms with Crippen molar-refractivity contribution in [3.05, 3.63) is 27.1 Å². The lowest BCUT2D eigenvalue weighted by Gasteiger charge is -2.22. The van der Waals surface area contributed by atoms with Crippen LogP contribution in [0, 0.1) is 5.92 Å². The van der Waals surface area contributed by atoms with E-state index in [1.165, 1.54) is 18.0 Å². The predicted molar refractivity (Wildman–Crippen MR) is 107 cm³/mol. The largest absolute Gasteiger partial charge is 0.388 e. The van der Waals surface area contributed by atoms with Crippen LogP contribution < -0.4 is 10.9 Å². The van der Waals surface area contributed by atoms with Crippen molar-refractivity contribution in [3.8, 4) is 0 Å². The molecule has 0 saturated carbocycles. The number of aliphatic hydroxyl groups is 1. The van der Waals surface area contributed by atoms with Crippen LogP contribution in [0.4, 0.5) is 5.95 Å². The molecule has 3 heterocycles. The summed E-state index contributed by atoms with van der Waals surface area (Å²) in [6, 6.07) is 0. The number of anilines is 1. The molecule has 3 N–H and O–H groups in total. The second-order valence-electron chi connectivity index (χ2n) is 7.18. The molecule has 31 heavy (non-hydrogen) atoms. The standard InChI is InChI=1S/C17H24N8O6/c1-8(2)14(27)22-17-21-13-10(15(28)23-17)19-7-25(13)16-12(30-5-4-29-3)11(26)9(31-16)6-20-24-18/h7-9,11-12,16,26H,4-6H2,1-3H3,(H2,21,22,23,27,28)/t9-,11?,12+,16-/m1/s1. The number of aliphatic hydroxyl groups excluding tert-OH is 1. The molecule has 1 aliphatic heterocycles. The number of aromatic nitrogens is 4. The van der Waals surface area contributed by atoms with E-state index in [0.717, 1.165) is 0 Å².